The summed E-state index contributed by atoms with van der Waals surface area (Å²) in [6.07, 6.45) is 6.24. The van der Waals surface area contributed by atoms with Crippen molar-refractivity contribution in [3.05, 3.63) is 41.3 Å². The second-order valence-electron chi connectivity index (χ2n) is 12.4. The van der Waals surface area contributed by atoms with E-state index in [0.29, 0.717) is 34.9 Å². The van der Waals surface area contributed by atoms with Crippen LogP contribution in [0, 0.1) is 11.3 Å². The predicted octanol–water partition coefficient (Wildman–Crippen LogP) is 2.55. The molecule has 3 N–H and O–H groups in total. The molecule has 2 aliphatic heterocycles. The average molecular weight is 566 g/mol. The van der Waals surface area contributed by atoms with E-state index >= 15 is 0 Å². The highest BCUT2D eigenvalue weighted by molar-refractivity contribution is 7.90. The summed E-state index contributed by atoms with van der Waals surface area (Å²) >= 11 is 0. The standard InChI is InChI=1S/C28H35N7O4S/c1-15(17-6-7-17)34-11-19-8-18(9-22(40(5,38)39)23(19)27(34)37)21-10-30-25-24(29)32-20(12-35(21)25)26(36)31-16(2)33-13-28(3,4)14-33/h8-10,12,15-17H,6-7,11,13-14H2,1-5H3,(H2,29,32)(H,31,36)/t15-,16?/m0/s1. The highest BCUT2D eigenvalue weighted by atomic mass is 32.2. The smallest absolute Gasteiger partial charge is 0.272 e. The van der Waals surface area contributed by atoms with Crippen LogP contribution in [0.5, 0.6) is 0 Å². The maximum Gasteiger partial charge on any atom is 0.272 e. The van der Waals surface area contributed by atoms with Crippen LogP contribution in [0.1, 0.15) is 66.9 Å². The lowest BCUT2D eigenvalue weighted by Crippen LogP contribution is -2.60. The minimum Gasteiger partial charge on any atom is -0.381 e. The lowest BCUT2D eigenvalue weighted by Gasteiger charge is -2.48. The molecule has 0 radical (unpaired) electrons. The zero-order chi connectivity index (χ0) is 28.7. The van der Waals surface area contributed by atoms with Gasteiger partial charge in [0.1, 0.15) is 5.69 Å². The molecule has 40 heavy (non-hydrogen) atoms. The Bertz CT molecular complexity index is 1670. The van der Waals surface area contributed by atoms with Gasteiger partial charge in [0, 0.05) is 43.7 Å². The number of likely N-dealkylation sites (tertiary alicyclic amines) is 1. The molecule has 0 bridgehead atoms. The lowest BCUT2D eigenvalue weighted by atomic mass is 9.84. The maximum atomic E-state index is 13.4. The normalized spacial score (nSPS) is 20.3. The van der Waals surface area contributed by atoms with Gasteiger partial charge in [-0.05, 0) is 55.7 Å². The van der Waals surface area contributed by atoms with Gasteiger partial charge in [-0.3, -0.25) is 18.9 Å². The molecule has 12 heteroatoms. The van der Waals surface area contributed by atoms with E-state index < -0.39 is 9.84 Å². The number of nitrogen functional groups attached to an aromatic ring is 1. The lowest BCUT2D eigenvalue weighted by molar-refractivity contribution is -0.00966. The van der Waals surface area contributed by atoms with Crippen LogP contribution in [0.25, 0.3) is 16.9 Å². The monoisotopic (exact) mass is 565 g/mol. The molecule has 212 valence electrons. The third-order valence-electron chi connectivity index (χ3n) is 8.39. The molecule has 2 atom stereocenters. The molecule has 1 aromatic carbocycles. The first kappa shape index (κ1) is 26.7. The van der Waals surface area contributed by atoms with Crippen LogP contribution in [0.4, 0.5) is 5.82 Å². The zero-order valence-electron chi connectivity index (χ0n) is 23.4. The minimum atomic E-state index is -3.72. The highest BCUT2D eigenvalue weighted by Crippen LogP contribution is 2.41. The summed E-state index contributed by atoms with van der Waals surface area (Å²) in [6.45, 7) is 10.4. The molecule has 2 amide bonds. The van der Waals surface area contributed by atoms with Gasteiger partial charge in [0.25, 0.3) is 11.8 Å². The number of nitrogens with two attached hydrogens (primary N) is 1. The molecule has 4 heterocycles. The van der Waals surface area contributed by atoms with E-state index in [-0.39, 0.29) is 51.4 Å². The van der Waals surface area contributed by atoms with Crippen molar-refractivity contribution in [1.82, 2.24) is 29.5 Å². The molecule has 11 nitrogen and oxygen atoms in total. The summed E-state index contributed by atoms with van der Waals surface area (Å²) in [4.78, 5) is 39.2. The Balaban J connectivity index is 1.37. The number of aromatic nitrogens is 3. The van der Waals surface area contributed by atoms with Crippen molar-refractivity contribution in [3.8, 4) is 11.3 Å². The van der Waals surface area contributed by atoms with Crippen LogP contribution in [-0.4, -0.2) is 76.0 Å². The minimum absolute atomic E-state index is 0.00302. The fourth-order valence-corrected chi connectivity index (χ4v) is 6.99. The SMILES string of the molecule is CC(NC(=O)c1cn2c(-c3cc4c(c(S(C)(=O)=O)c3)C(=O)N([C@@H](C)C3CC3)C4)cnc2c(N)n1)N1CC(C)(C)C1. The topological polar surface area (TPSA) is 143 Å². The first-order valence-corrected chi connectivity index (χ1v) is 15.5. The van der Waals surface area contributed by atoms with E-state index in [9.17, 15) is 18.0 Å². The maximum absolute atomic E-state index is 13.4. The summed E-state index contributed by atoms with van der Waals surface area (Å²) in [5.74, 6) is -0.0764. The number of amides is 2. The van der Waals surface area contributed by atoms with E-state index in [0.717, 1.165) is 32.2 Å². The van der Waals surface area contributed by atoms with Crippen molar-refractivity contribution in [3.63, 3.8) is 0 Å². The number of hydrogen-bond donors (Lipinski definition) is 2. The number of carbonyl (C=O) groups is 2. The van der Waals surface area contributed by atoms with Crippen LogP contribution in [-0.2, 0) is 16.4 Å². The Labute approximate surface area is 233 Å². The number of nitrogens with one attached hydrogen (secondary N) is 1. The van der Waals surface area contributed by atoms with E-state index in [1.165, 1.54) is 6.07 Å². The number of rotatable bonds is 7. The summed E-state index contributed by atoms with van der Waals surface area (Å²) < 4.78 is 27.4. The fourth-order valence-electron chi connectivity index (χ4n) is 6.06. The molecule has 3 aliphatic rings. The number of imidazole rings is 1. The van der Waals surface area contributed by atoms with Crippen molar-refractivity contribution < 1.29 is 18.0 Å². The predicted molar refractivity (Wildman–Crippen MR) is 150 cm³/mol. The van der Waals surface area contributed by atoms with Gasteiger partial charge in [-0.15, -0.1) is 0 Å². The zero-order valence-corrected chi connectivity index (χ0v) is 24.2. The van der Waals surface area contributed by atoms with E-state index in [2.05, 4.69) is 34.0 Å². The van der Waals surface area contributed by atoms with Gasteiger partial charge in [0.15, 0.2) is 21.3 Å². The number of hydrogen-bond acceptors (Lipinski definition) is 8. The van der Waals surface area contributed by atoms with Crippen LogP contribution in [0.15, 0.2) is 29.4 Å². The Morgan fingerprint density at radius 3 is 2.52 bits per heavy atom. The van der Waals surface area contributed by atoms with E-state index in [1.54, 1.807) is 21.7 Å². The number of anilines is 1. The Morgan fingerprint density at radius 1 is 1.20 bits per heavy atom. The van der Waals surface area contributed by atoms with Gasteiger partial charge in [-0.25, -0.2) is 18.4 Å². The quantitative estimate of drug-likeness (QED) is 0.445. The number of fused-ring (bicyclic) bond motifs is 2. The van der Waals surface area contributed by atoms with Gasteiger partial charge in [0.2, 0.25) is 0 Å². The molecule has 1 saturated carbocycles. The van der Waals surface area contributed by atoms with Gasteiger partial charge in [-0.1, -0.05) is 13.8 Å². The van der Waals surface area contributed by atoms with Crippen molar-refractivity contribution in [1.29, 1.82) is 0 Å². The second-order valence-corrected chi connectivity index (χ2v) is 14.3. The average Bonchev–Trinajstić information content (AvgIpc) is 3.54. The fraction of sp³-hybridized carbons (Fsp3) is 0.500. The van der Waals surface area contributed by atoms with Crippen LogP contribution in [0.2, 0.25) is 0 Å². The van der Waals surface area contributed by atoms with E-state index in [1.807, 2.05) is 19.9 Å². The summed E-state index contributed by atoms with van der Waals surface area (Å²) in [6, 6.07) is 3.41. The Morgan fingerprint density at radius 2 is 1.90 bits per heavy atom. The second kappa shape index (κ2) is 9.00. The molecule has 6 rings (SSSR count). The molecule has 1 aliphatic carbocycles. The van der Waals surface area contributed by atoms with Gasteiger partial charge in [-0.2, -0.15) is 0 Å². The van der Waals surface area contributed by atoms with Crippen LogP contribution < -0.4 is 11.1 Å². The molecule has 3 aromatic rings. The van der Waals surface area contributed by atoms with Crippen molar-refractivity contribution in [2.75, 3.05) is 25.1 Å². The summed E-state index contributed by atoms with van der Waals surface area (Å²) in [5, 5.41) is 2.99. The molecule has 2 fully saturated rings. The van der Waals surface area contributed by atoms with Crippen molar-refractivity contribution in [2.45, 2.75) is 64.2 Å². The van der Waals surface area contributed by atoms with Gasteiger partial charge < -0.3 is 16.0 Å². The van der Waals surface area contributed by atoms with Crippen molar-refractivity contribution >= 4 is 33.1 Å². The van der Waals surface area contributed by atoms with Crippen molar-refractivity contribution in [2.24, 2.45) is 11.3 Å². The highest BCUT2D eigenvalue weighted by Gasteiger charge is 2.41. The number of benzene rings is 1. The molecule has 0 spiro atoms. The van der Waals surface area contributed by atoms with E-state index in [4.69, 9.17) is 5.73 Å². The molecule has 1 saturated heterocycles. The molecule has 1 unspecified atom stereocenters. The van der Waals surface area contributed by atoms with Crippen LogP contribution in [0.3, 0.4) is 0 Å². The molecule has 2 aromatic heterocycles. The first-order chi connectivity index (χ1) is 18.7. The van der Waals surface area contributed by atoms with Gasteiger partial charge in [0.05, 0.1) is 28.5 Å². The third kappa shape index (κ3) is 4.52. The number of sulfone groups is 1. The summed E-state index contributed by atoms with van der Waals surface area (Å²) in [5.41, 5.74) is 8.94. The number of nitrogens with zero attached hydrogens (tertiary/aromatic N) is 5. The molecular weight excluding hydrogens is 530 g/mol. The number of carbonyl (C=O) groups excluding carboxylic acids is 2. The third-order valence-corrected chi connectivity index (χ3v) is 9.51. The van der Waals surface area contributed by atoms with Gasteiger partial charge >= 0.3 is 0 Å². The Kier molecular flexibility index (Phi) is 6.01. The first-order valence-electron chi connectivity index (χ1n) is 13.6. The summed E-state index contributed by atoms with van der Waals surface area (Å²) in [7, 11) is -3.72. The Hall–Kier alpha value is -3.51. The molecular formula is C28H35N7O4S. The largest absolute Gasteiger partial charge is 0.381 e. The van der Waals surface area contributed by atoms with Crippen LogP contribution >= 0.6 is 0 Å².